The number of halogens is 1. The molecule has 1 aliphatic carbocycles. The first-order valence-corrected chi connectivity index (χ1v) is 6.08. The zero-order valence-electron chi connectivity index (χ0n) is 9.29. The van der Waals surface area contributed by atoms with Gasteiger partial charge in [-0.3, -0.25) is 4.79 Å². The molecule has 4 nitrogen and oxygen atoms in total. The molecule has 0 bridgehead atoms. The molecule has 0 radical (unpaired) electrons. The van der Waals surface area contributed by atoms with E-state index in [1.54, 1.807) is 6.20 Å². The summed E-state index contributed by atoms with van der Waals surface area (Å²) in [5.41, 5.74) is 0.297. The molecule has 0 saturated heterocycles. The van der Waals surface area contributed by atoms with Crippen LogP contribution in [-0.2, 0) is 0 Å². The number of H-pyrrole nitrogens is 1. The zero-order valence-corrected chi connectivity index (χ0v) is 10.0. The van der Waals surface area contributed by atoms with Crippen molar-refractivity contribution in [2.24, 2.45) is 5.92 Å². The Bertz CT molecular complexity index is 414. The Kier molecular flexibility index (Phi) is 3.49. The van der Waals surface area contributed by atoms with Gasteiger partial charge in [0.15, 0.2) is 0 Å². The van der Waals surface area contributed by atoms with Gasteiger partial charge in [0.2, 0.25) is 0 Å². The SMILES string of the molecule is CCC(CC1CC1)Nc1cn[nH]c(=O)c1Cl. The van der Waals surface area contributed by atoms with Crippen LogP contribution in [-0.4, -0.2) is 16.2 Å². The van der Waals surface area contributed by atoms with Gasteiger partial charge in [-0.25, -0.2) is 5.10 Å². The topological polar surface area (TPSA) is 57.8 Å². The number of hydrogen-bond acceptors (Lipinski definition) is 3. The maximum atomic E-state index is 11.3. The van der Waals surface area contributed by atoms with E-state index in [2.05, 4.69) is 22.4 Å². The van der Waals surface area contributed by atoms with Gasteiger partial charge >= 0.3 is 0 Å². The summed E-state index contributed by atoms with van der Waals surface area (Å²) in [6.07, 6.45) is 6.41. The van der Waals surface area contributed by atoms with Gasteiger partial charge in [-0.05, 0) is 18.8 Å². The summed E-state index contributed by atoms with van der Waals surface area (Å²) >= 11 is 5.90. The maximum Gasteiger partial charge on any atom is 0.285 e. The predicted molar refractivity (Wildman–Crippen MR) is 64.9 cm³/mol. The lowest BCUT2D eigenvalue weighted by atomic mass is 10.1. The van der Waals surface area contributed by atoms with Crippen LogP contribution in [0.2, 0.25) is 5.02 Å². The summed E-state index contributed by atoms with van der Waals surface area (Å²) in [5.74, 6) is 0.853. The minimum absolute atomic E-state index is 0.198. The van der Waals surface area contributed by atoms with Gasteiger partial charge in [-0.1, -0.05) is 31.4 Å². The van der Waals surface area contributed by atoms with E-state index < -0.39 is 0 Å². The molecular weight excluding hydrogens is 226 g/mol. The molecule has 2 rings (SSSR count). The Balaban J connectivity index is 2.05. The number of aromatic amines is 1. The molecule has 1 heterocycles. The lowest BCUT2D eigenvalue weighted by molar-refractivity contribution is 0.586. The van der Waals surface area contributed by atoms with E-state index in [1.165, 1.54) is 12.8 Å². The Morgan fingerprint density at radius 3 is 3.06 bits per heavy atom. The average Bonchev–Trinajstić information content (AvgIpc) is 3.07. The van der Waals surface area contributed by atoms with E-state index in [0.717, 1.165) is 18.8 Å². The van der Waals surface area contributed by atoms with Gasteiger partial charge in [0, 0.05) is 6.04 Å². The molecule has 0 amide bonds. The number of nitrogens with zero attached hydrogens (tertiary/aromatic N) is 1. The smallest absolute Gasteiger partial charge is 0.285 e. The number of aromatic nitrogens is 2. The van der Waals surface area contributed by atoms with Crippen molar-refractivity contribution in [3.05, 3.63) is 21.6 Å². The molecule has 16 heavy (non-hydrogen) atoms. The summed E-state index contributed by atoms with van der Waals surface area (Å²) in [7, 11) is 0. The number of nitrogens with one attached hydrogen (secondary N) is 2. The van der Waals surface area contributed by atoms with Crippen LogP contribution < -0.4 is 10.9 Å². The van der Waals surface area contributed by atoms with E-state index in [0.29, 0.717) is 11.7 Å². The van der Waals surface area contributed by atoms with Crippen LogP contribution >= 0.6 is 11.6 Å². The van der Waals surface area contributed by atoms with E-state index in [-0.39, 0.29) is 10.6 Å². The number of rotatable bonds is 5. The summed E-state index contributed by atoms with van der Waals surface area (Å²) in [6.45, 7) is 2.13. The quantitative estimate of drug-likeness (QED) is 0.832. The van der Waals surface area contributed by atoms with Crippen LogP contribution in [0, 0.1) is 5.92 Å². The lowest BCUT2D eigenvalue weighted by Crippen LogP contribution is -2.21. The van der Waals surface area contributed by atoms with Gasteiger partial charge in [-0.2, -0.15) is 5.10 Å². The molecule has 0 aliphatic heterocycles. The van der Waals surface area contributed by atoms with E-state index in [4.69, 9.17) is 11.6 Å². The van der Waals surface area contributed by atoms with E-state index in [9.17, 15) is 4.79 Å². The minimum Gasteiger partial charge on any atom is -0.380 e. The van der Waals surface area contributed by atoms with Crippen molar-refractivity contribution in [1.82, 2.24) is 10.2 Å². The first-order valence-electron chi connectivity index (χ1n) is 5.70. The highest BCUT2D eigenvalue weighted by Crippen LogP contribution is 2.35. The third-order valence-electron chi connectivity index (χ3n) is 2.96. The Morgan fingerprint density at radius 1 is 1.69 bits per heavy atom. The highest BCUT2D eigenvalue weighted by Gasteiger charge is 2.25. The van der Waals surface area contributed by atoms with Crippen LogP contribution in [0.3, 0.4) is 0 Å². The van der Waals surface area contributed by atoms with Crippen LogP contribution in [0.4, 0.5) is 5.69 Å². The molecule has 1 aromatic heterocycles. The predicted octanol–water partition coefficient (Wildman–Crippen LogP) is 2.41. The van der Waals surface area contributed by atoms with Gasteiger partial charge in [0.1, 0.15) is 5.02 Å². The molecule has 1 saturated carbocycles. The Labute approximate surface area is 99.4 Å². The summed E-state index contributed by atoms with van der Waals surface area (Å²) in [5, 5.41) is 9.54. The van der Waals surface area contributed by atoms with Crippen molar-refractivity contribution < 1.29 is 0 Å². The molecule has 1 aliphatic rings. The number of hydrogen-bond donors (Lipinski definition) is 2. The molecule has 5 heteroatoms. The largest absolute Gasteiger partial charge is 0.380 e. The molecular formula is C11H16ClN3O. The molecule has 0 aromatic carbocycles. The molecule has 1 atom stereocenters. The molecule has 88 valence electrons. The van der Waals surface area contributed by atoms with Crippen LogP contribution in [0.5, 0.6) is 0 Å². The van der Waals surface area contributed by atoms with Crippen molar-refractivity contribution in [2.45, 2.75) is 38.6 Å². The monoisotopic (exact) mass is 241 g/mol. The van der Waals surface area contributed by atoms with E-state index in [1.807, 2.05) is 0 Å². The first kappa shape index (κ1) is 11.5. The van der Waals surface area contributed by atoms with Gasteiger partial charge in [-0.15, -0.1) is 0 Å². The molecule has 2 N–H and O–H groups in total. The fourth-order valence-corrected chi connectivity index (χ4v) is 1.93. The summed E-state index contributed by atoms with van der Waals surface area (Å²) in [4.78, 5) is 11.3. The van der Waals surface area contributed by atoms with Gasteiger partial charge < -0.3 is 5.32 Å². The first-order chi connectivity index (χ1) is 7.70. The maximum absolute atomic E-state index is 11.3. The number of anilines is 1. The highest BCUT2D eigenvalue weighted by molar-refractivity contribution is 6.32. The van der Waals surface area contributed by atoms with Crippen LogP contribution in [0.1, 0.15) is 32.6 Å². The van der Waals surface area contributed by atoms with Crippen molar-refractivity contribution in [3.8, 4) is 0 Å². The lowest BCUT2D eigenvalue weighted by Gasteiger charge is -2.18. The molecule has 1 aromatic rings. The second kappa shape index (κ2) is 4.87. The normalized spacial score (nSPS) is 17.1. The standard InChI is InChI=1S/C11H16ClN3O/c1-2-8(5-7-3-4-7)14-9-6-13-15-11(16)10(9)12/h6-8H,2-5H2,1H3,(H2,14,15,16). The van der Waals surface area contributed by atoms with Crippen LogP contribution in [0.25, 0.3) is 0 Å². The van der Waals surface area contributed by atoms with Crippen molar-refractivity contribution in [3.63, 3.8) is 0 Å². The van der Waals surface area contributed by atoms with Crippen molar-refractivity contribution in [2.75, 3.05) is 5.32 Å². The minimum atomic E-state index is -0.340. The summed E-state index contributed by atoms with van der Waals surface area (Å²) < 4.78 is 0. The van der Waals surface area contributed by atoms with Gasteiger partial charge in [0.25, 0.3) is 5.56 Å². The second-order valence-corrected chi connectivity index (χ2v) is 4.73. The van der Waals surface area contributed by atoms with Gasteiger partial charge in [0.05, 0.1) is 11.9 Å². The zero-order chi connectivity index (χ0) is 11.5. The van der Waals surface area contributed by atoms with Crippen LogP contribution in [0.15, 0.2) is 11.0 Å². The highest BCUT2D eigenvalue weighted by atomic mass is 35.5. The molecule has 1 unspecified atom stereocenters. The third-order valence-corrected chi connectivity index (χ3v) is 3.34. The second-order valence-electron chi connectivity index (χ2n) is 4.36. The third kappa shape index (κ3) is 2.76. The fourth-order valence-electron chi connectivity index (χ4n) is 1.79. The summed E-state index contributed by atoms with van der Waals surface area (Å²) in [6, 6.07) is 0.383. The Hall–Kier alpha value is -1.03. The van der Waals surface area contributed by atoms with E-state index >= 15 is 0 Å². The average molecular weight is 242 g/mol. The fraction of sp³-hybridized carbons (Fsp3) is 0.636. The van der Waals surface area contributed by atoms with Crippen molar-refractivity contribution in [1.29, 1.82) is 0 Å². The van der Waals surface area contributed by atoms with Crippen molar-refractivity contribution >= 4 is 17.3 Å². The molecule has 1 fully saturated rings. The Morgan fingerprint density at radius 2 is 2.44 bits per heavy atom. The molecule has 0 spiro atoms.